The van der Waals surface area contributed by atoms with Gasteiger partial charge in [-0.15, -0.1) is 0 Å². The van der Waals surface area contributed by atoms with Crippen LogP contribution in [-0.4, -0.2) is 53.4 Å². The number of nitrogens with zero attached hydrogens (tertiary/aromatic N) is 2. The molecule has 0 amide bonds. The highest BCUT2D eigenvalue weighted by atomic mass is 16.5. The minimum absolute atomic E-state index is 0.152. The van der Waals surface area contributed by atoms with E-state index >= 15 is 0 Å². The molecular weight excluding hydrogens is 304 g/mol. The predicted octanol–water partition coefficient (Wildman–Crippen LogP) is 2.28. The third-order valence-corrected chi connectivity index (χ3v) is 4.07. The van der Waals surface area contributed by atoms with Crippen LogP contribution in [0.2, 0.25) is 0 Å². The third-order valence-electron chi connectivity index (χ3n) is 4.07. The van der Waals surface area contributed by atoms with Crippen LogP contribution in [-0.2, 0) is 0 Å². The Morgan fingerprint density at radius 3 is 2.96 bits per heavy atom. The lowest BCUT2D eigenvalue weighted by atomic mass is 10.2. The standard InChI is InChI=1S/C19H24N2O3/c1-15-4-2-5-17(10-15)23-14-16(22)12-21-9-7-19(13-21)24-18-6-3-8-20-11-18/h2-6,8,10-11,16,19,22H,7,9,12-14H2,1H3. The van der Waals surface area contributed by atoms with Crippen LogP contribution < -0.4 is 9.47 Å². The third kappa shape index (κ3) is 4.94. The summed E-state index contributed by atoms with van der Waals surface area (Å²) in [6.07, 6.45) is 4.06. The van der Waals surface area contributed by atoms with Gasteiger partial charge in [-0.1, -0.05) is 12.1 Å². The maximum Gasteiger partial charge on any atom is 0.138 e. The van der Waals surface area contributed by atoms with Crippen molar-refractivity contribution < 1.29 is 14.6 Å². The Labute approximate surface area is 142 Å². The van der Waals surface area contributed by atoms with Gasteiger partial charge >= 0.3 is 0 Å². The van der Waals surface area contributed by atoms with E-state index in [1.807, 2.05) is 43.3 Å². The number of hydrogen-bond acceptors (Lipinski definition) is 5. The maximum absolute atomic E-state index is 10.2. The van der Waals surface area contributed by atoms with Crippen LogP contribution in [0.4, 0.5) is 0 Å². The first-order valence-electron chi connectivity index (χ1n) is 8.35. The Kier molecular flexibility index (Phi) is 5.67. The highest BCUT2D eigenvalue weighted by molar-refractivity contribution is 5.27. The number of ether oxygens (including phenoxy) is 2. The van der Waals surface area contributed by atoms with Gasteiger partial charge in [0, 0.05) is 25.8 Å². The summed E-state index contributed by atoms with van der Waals surface area (Å²) >= 11 is 0. The van der Waals surface area contributed by atoms with Crippen LogP contribution in [0.15, 0.2) is 48.8 Å². The molecule has 1 aromatic heterocycles. The van der Waals surface area contributed by atoms with Crippen LogP contribution in [0.1, 0.15) is 12.0 Å². The van der Waals surface area contributed by atoms with E-state index in [9.17, 15) is 5.11 Å². The van der Waals surface area contributed by atoms with E-state index in [1.165, 1.54) is 0 Å². The number of likely N-dealkylation sites (tertiary alicyclic amines) is 1. The molecule has 2 aromatic rings. The molecule has 0 spiro atoms. The molecule has 1 aliphatic rings. The number of aliphatic hydroxyl groups excluding tert-OH is 1. The van der Waals surface area contributed by atoms with Gasteiger partial charge in [-0.05, 0) is 43.2 Å². The van der Waals surface area contributed by atoms with E-state index in [0.717, 1.165) is 36.6 Å². The molecule has 128 valence electrons. The summed E-state index contributed by atoms with van der Waals surface area (Å²) in [7, 11) is 0. The average Bonchev–Trinajstić information content (AvgIpc) is 3.01. The maximum atomic E-state index is 10.2. The lowest BCUT2D eigenvalue weighted by Gasteiger charge is -2.20. The van der Waals surface area contributed by atoms with Gasteiger partial charge in [0.2, 0.25) is 0 Å². The molecule has 1 saturated heterocycles. The Bertz CT molecular complexity index is 636. The first-order chi connectivity index (χ1) is 11.7. The quantitative estimate of drug-likeness (QED) is 0.845. The summed E-state index contributed by atoms with van der Waals surface area (Å²) in [5.74, 6) is 1.60. The monoisotopic (exact) mass is 328 g/mol. The topological polar surface area (TPSA) is 54.8 Å². The predicted molar refractivity (Wildman–Crippen MR) is 92.4 cm³/mol. The van der Waals surface area contributed by atoms with Crippen molar-refractivity contribution in [2.45, 2.75) is 25.6 Å². The second-order valence-electron chi connectivity index (χ2n) is 6.26. The molecule has 0 bridgehead atoms. The minimum atomic E-state index is -0.511. The number of benzene rings is 1. The molecule has 5 heteroatoms. The van der Waals surface area contributed by atoms with Gasteiger partial charge < -0.3 is 14.6 Å². The Balaban J connectivity index is 1.40. The Morgan fingerprint density at radius 1 is 1.29 bits per heavy atom. The van der Waals surface area contributed by atoms with E-state index < -0.39 is 6.10 Å². The van der Waals surface area contributed by atoms with Crippen LogP contribution in [0.25, 0.3) is 0 Å². The molecule has 24 heavy (non-hydrogen) atoms. The molecule has 2 unspecified atom stereocenters. The molecule has 0 saturated carbocycles. The summed E-state index contributed by atoms with van der Waals surface area (Å²) in [5, 5.41) is 10.2. The molecule has 1 aliphatic heterocycles. The molecule has 1 fully saturated rings. The largest absolute Gasteiger partial charge is 0.491 e. The molecular formula is C19H24N2O3. The molecule has 1 aromatic carbocycles. The molecule has 0 radical (unpaired) electrons. The summed E-state index contributed by atoms with van der Waals surface area (Å²) < 4.78 is 11.6. The van der Waals surface area contributed by atoms with Crippen molar-refractivity contribution in [2.75, 3.05) is 26.2 Å². The van der Waals surface area contributed by atoms with Gasteiger partial charge in [-0.25, -0.2) is 0 Å². The number of β-amino-alcohol motifs (C(OH)–C–C–N with tert-alkyl or cyclic N) is 1. The van der Waals surface area contributed by atoms with E-state index in [-0.39, 0.29) is 6.10 Å². The van der Waals surface area contributed by atoms with Gasteiger partial charge in [0.25, 0.3) is 0 Å². The number of rotatable bonds is 7. The van der Waals surface area contributed by atoms with Crippen molar-refractivity contribution in [3.05, 3.63) is 54.4 Å². The highest BCUT2D eigenvalue weighted by Gasteiger charge is 2.25. The molecule has 0 aliphatic carbocycles. The fourth-order valence-electron chi connectivity index (χ4n) is 2.92. The van der Waals surface area contributed by atoms with Gasteiger partial charge in [-0.2, -0.15) is 0 Å². The van der Waals surface area contributed by atoms with Crippen molar-refractivity contribution in [3.8, 4) is 11.5 Å². The van der Waals surface area contributed by atoms with Crippen LogP contribution in [0.5, 0.6) is 11.5 Å². The van der Waals surface area contributed by atoms with Crippen LogP contribution >= 0.6 is 0 Å². The van der Waals surface area contributed by atoms with Crippen molar-refractivity contribution in [3.63, 3.8) is 0 Å². The number of aromatic nitrogens is 1. The Morgan fingerprint density at radius 2 is 2.17 bits per heavy atom. The summed E-state index contributed by atoms with van der Waals surface area (Å²) in [4.78, 5) is 6.27. The number of pyridine rings is 1. The normalized spacial score (nSPS) is 19.2. The fourth-order valence-corrected chi connectivity index (χ4v) is 2.92. The molecule has 2 heterocycles. The van der Waals surface area contributed by atoms with Crippen molar-refractivity contribution in [2.24, 2.45) is 0 Å². The van der Waals surface area contributed by atoms with Crippen molar-refractivity contribution >= 4 is 0 Å². The van der Waals surface area contributed by atoms with Gasteiger partial charge in [0.05, 0.1) is 6.20 Å². The second-order valence-corrected chi connectivity index (χ2v) is 6.26. The summed E-state index contributed by atoms with van der Waals surface area (Å²) in [6, 6.07) is 11.6. The minimum Gasteiger partial charge on any atom is -0.491 e. The molecule has 3 rings (SSSR count). The van der Waals surface area contributed by atoms with Gasteiger partial charge in [0.1, 0.15) is 30.3 Å². The van der Waals surface area contributed by atoms with Crippen molar-refractivity contribution in [1.29, 1.82) is 0 Å². The number of aliphatic hydroxyl groups is 1. The van der Waals surface area contributed by atoms with E-state index in [2.05, 4.69) is 9.88 Å². The lowest BCUT2D eigenvalue weighted by molar-refractivity contribution is 0.0719. The number of aryl methyl sites for hydroxylation is 1. The molecule has 2 atom stereocenters. The van der Waals surface area contributed by atoms with Gasteiger partial charge in [-0.3, -0.25) is 9.88 Å². The smallest absolute Gasteiger partial charge is 0.138 e. The molecule has 1 N–H and O–H groups in total. The SMILES string of the molecule is Cc1cccc(OCC(O)CN2CCC(Oc3cccnc3)C2)c1. The Hall–Kier alpha value is -2.11. The number of hydrogen-bond donors (Lipinski definition) is 1. The van der Waals surface area contributed by atoms with Crippen LogP contribution in [0, 0.1) is 6.92 Å². The zero-order valence-electron chi connectivity index (χ0n) is 14.0. The van der Waals surface area contributed by atoms with Gasteiger partial charge in [0.15, 0.2) is 0 Å². The zero-order valence-corrected chi connectivity index (χ0v) is 14.0. The average molecular weight is 328 g/mol. The second kappa shape index (κ2) is 8.13. The van der Waals surface area contributed by atoms with E-state index in [0.29, 0.717) is 13.2 Å². The van der Waals surface area contributed by atoms with E-state index in [1.54, 1.807) is 12.4 Å². The summed E-state index contributed by atoms with van der Waals surface area (Å²) in [5.41, 5.74) is 1.15. The first-order valence-corrected chi connectivity index (χ1v) is 8.35. The fraction of sp³-hybridized carbons (Fsp3) is 0.421. The highest BCUT2D eigenvalue weighted by Crippen LogP contribution is 2.18. The van der Waals surface area contributed by atoms with Crippen molar-refractivity contribution in [1.82, 2.24) is 9.88 Å². The van der Waals surface area contributed by atoms with Crippen LogP contribution in [0.3, 0.4) is 0 Å². The lowest BCUT2D eigenvalue weighted by Crippen LogP contribution is -2.35. The zero-order chi connectivity index (χ0) is 16.8. The molecule has 5 nitrogen and oxygen atoms in total. The first kappa shape index (κ1) is 16.7. The summed E-state index contributed by atoms with van der Waals surface area (Å²) in [6.45, 7) is 4.66. The van der Waals surface area contributed by atoms with E-state index in [4.69, 9.17) is 9.47 Å².